The highest BCUT2D eigenvalue weighted by atomic mass is 16.6. The molecule has 0 saturated heterocycles. The molecule has 0 heterocycles. The number of carbonyl (C=O) groups is 1. The number of rotatable bonds is 16. The van der Waals surface area contributed by atoms with Gasteiger partial charge in [0.2, 0.25) is 0 Å². The largest absolute Gasteiger partial charge is 0.491 e. The molecule has 27 heavy (non-hydrogen) atoms. The Balaban J connectivity index is 1.94. The number of hydrogen-bond donors (Lipinski definition) is 0. The summed E-state index contributed by atoms with van der Waals surface area (Å²) in [5.74, 6) is 0.921. The maximum absolute atomic E-state index is 10.7. The van der Waals surface area contributed by atoms with Crippen molar-refractivity contribution in [2.45, 2.75) is 33.8 Å². The molecule has 1 aromatic carbocycles. The summed E-state index contributed by atoms with van der Waals surface area (Å²) in [6.07, 6.45) is 0.451. The number of oxime groups is 1. The van der Waals surface area contributed by atoms with Crippen molar-refractivity contribution in [3.63, 3.8) is 0 Å². The van der Waals surface area contributed by atoms with Crippen molar-refractivity contribution in [3.05, 3.63) is 29.8 Å². The zero-order chi connectivity index (χ0) is 19.7. The average molecular weight is 381 g/mol. The van der Waals surface area contributed by atoms with Gasteiger partial charge in [-0.15, -0.1) is 0 Å². The predicted octanol–water partition coefficient (Wildman–Crippen LogP) is 3.01. The molecule has 0 unspecified atom stereocenters. The minimum Gasteiger partial charge on any atom is -0.491 e. The molecule has 0 atom stereocenters. The molecule has 0 aliphatic heterocycles. The molecule has 0 bridgehead atoms. The highest BCUT2D eigenvalue weighted by Crippen LogP contribution is 2.12. The van der Waals surface area contributed by atoms with Crippen molar-refractivity contribution in [1.82, 2.24) is 0 Å². The van der Waals surface area contributed by atoms with E-state index in [1.807, 2.05) is 38.1 Å². The molecule has 7 nitrogen and oxygen atoms in total. The molecule has 0 N–H and O–H groups in total. The highest BCUT2D eigenvalue weighted by molar-refractivity contribution is 5.78. The van der Waals surface area contributed by atoms with Gasteiger partial charge in [0.25, 0.3) is 0 Å². The number of carbonyl (C=O) groups excluding carboxylic acids is 1. The molecule has 0 aliphatic rings. The molecule has 1 rings (SSSR count). The van der Waals surface area contributed by atoms with Crippen LogP contribution in [0.1, 0.15) is 32.8 Å². The third kappa shape index (κ3) is 13.8. The van der Waals surface area contributed by atoms with Crippen LogP contribution in [0.4, 0.5) is 0 Å². The first-order chi connectivity index (χ1) is 13.1. The second-order valence-electron chi connectivity index (χ2n) is 6.09. The number of nitrogens with zero attached hydrogens (tertiary/aromatic N) is 1. The molecule has 0 amide bonds. The third-order valence-corrected chi connectivity index (χ3v) is 3.24. The second kappa shape index (κ2) is 15.1. The summed E-state index contributed by atoms with van der Waals surface area (Å²) in [5, 5.41) is 3.90. The molecule has 0 radical (unpaired) electrons. The van der Waals surface area contributed by atoms with E-state index in [4.69, 9.17) is 23.8 Å². The first-order valence-corrected chi connectivity index (χ1v) is 9.15. The van der Waals surface area contributed by atoms with Crippen LogP contribution in [-0.4, -0.2) is 57.7 Å². The number of Topliss-reactive ketones (excluding diaryl/α,β-unsaturated/α-hetero) is 1. The van der Waals surface area contributed by atoms with Gasteiger partial charge in [-0.2, -0.15) is 0 Å². The van der Waals surface area contributed by atoms with Crippen LogP contribution < -0.4 is 4.74 Å². The van der Waals surface area contributed by atoms with E-state index in [2.05, 4.69) is 5.16 Å². The van der Waals surface area contributed by atoms with E-state index in [1.165, 1.54) is 0 Å². The van der Waals surface area contributed by atoms with Crippen molar-refractivity contribution in [3.8, 4) is 5.75 Å². The van der Waals surface area contributed by atoms with Crippen LogP contribution in [0.15, 0.2) is 29.4 Å². The lowest BCUT2D eigenvalue weighted by Gasteiger charge is -2.08. The number of ketones is 1. The lowest BCUT2D eigenvalue weighted by atomic mass is 10.2. The van der Waals surface area contributed by atoms with Crippen LogP contribution in [0.2, 0.25) is 0 Å². The molecule has 0 spiro atoms. The molecule has 7 heteroatoms. The Bertz CT molecular complexity index is 540. The van der Waals surface area contributed by atoms with Gasteiger partial charge in [0.15, 0.2) is 0 Å². The Labute approximate surface area is 161 Å². The van der Waals surface area contributed by atoms with Crippen LogP contribution in [0, 0.1) is 0 Å². The Morgan fingerprint density at radius 1 is 0.815 bits per heavy atom. The Morgan fingerprint density at radius 2 is 1.37 bits per heavy atom. The lowest BCUT2D eigenvalue weighted by Crippen LogP contribution is -2.13. The average Bonchev–Trinajstić information content (AvgIpc) is 2.63. The number of benzene rings is 1. The molecule has 152 valence electrons. The molecule has 0 fully saturated rings. The SMILES string of the molecule is CC(=O)CCOCCOCCOCCOc1ccc(CON=C(C)C)cc1. The summed E-state index contributed by atoms with van der Waals surface area (Å²) in [5.41, 5.74) is 1.92. The van der Waals surface area contributed by atoms with Gasteiger partial charge in [-0.25, -0.2) is 0 Å². The van der Waals surface area contributed by atoms with E-state index in [-0.39, 0.29) is 5.78 Å². The molecule has 0 aliphatic carbocycles. The summed E-state index contributed by atoms with van der Waals surface area (Å²) in [6, 6.07) is 7.69. The fourth-order valence-electron chi connectivity index (χ4n) is 1.89. The van der Waals surface area contributed by atoms with Gasteiger partial charge in [-0.05, 0) is 38.5 Å². The van der Waals surface area contributed by atoms with Gasteiger partial charge in [-0.3, -0.25) is 4.79 Å². The van der Waals surface area contributed by atoms with Crippen LogP contribution in [-0.2, 0) is 30.4 Å². The van der Waals surface area contributed by atoms with Crippen LogP contribution in [0.25, 0.3) is 0 Å². The Hall–Kier alpha value is -1.96. The van der Waals surface area contributed by atoms with Crippen LogP contribution >= 0.6 is 0 Å². The Kier molecular flexibility index (Phi) is 12.9. The van der Waals surface area contributed by atoms with E-state index >= 15 is 0 Å². The normalized spacial score (nSPS) is 10.5. The van der Waals surface area contributed by atoms with Gasteiger partial charge in [-0.1, -0.05) is 17.3 Å². The van der Waals surface area contributed by atoms with Gasteiger partial charge >= 0.3 is 0 Å². The standard InChI is InChI=1S/C20H31NO6/c1-17(2)21-27-16-19-4-6-20(7-5-19)26-15-14-25-13-12-24-11-10-23-9-8-18(3)22/h4-7H,8-16H2,1-3H3. The Morgan fingerprint density at radius 3 is 1.93 bits per heavy atom. The van der Waals surface area contributed by atoms with Crippen molar-refractivity contribution < 1.29 is 28.6 Å². The first-order valence-electron chi connectivity index (χ1n) is 9.15. The quantitative estimate of drug-likeness (QED) is 0.249. The van der Waals surface area contributed by atoms with Crippen molar-refractivity contribution in [1.29, 1.82) is 0 Å². The third-order valence-electron chi connectivity index (χ3n) is 3.24. The summed E-state index contributed by atoms with van der Waals surface area (Å²) in [6.45, 7) is 9.18. The summed E-state index contributed by atoms with van der Waals surface area (Å²) >= 11 is 0. The minimum absolute atomic E-state index is 0.133. The first kappa shape index (κ1) is 23.1. The monoisotopic (exact) mass is 381 g/mol. The fraction of sp³-hybridized carbons (Fsp3) is 0.600. The zero-order valence-electron chi connectivity index (χ0n) is 16.6. The van der Waals surface area contributed by atoms with E-state index < -0.39 is 0 Å². The van der Waals surface area contributed by atoms with Gasteiger partial charge < -0.3 is 23.8 Å². The van der Waals surface area contributed by atoms with E-state index in [1.54, 1.807) is 6.92 Å². The summed E-state index contributed by atoms with van der Waals surface area (Å²) < 4.78 is 21.7. The maximum atomic E-state index is 10.7. The second-order valence-corrected chi connectivity index (χ2v) is 6.09. The van der Waals surface area contributed by atoms with Gasteiger partial charge in [0, 0.05) is 6.42 Å². The highest BCUT2D eigenvalue weighted by Gasteiger charge is 1.98. The van der Waals surface area contributed by atoms with Crippen molar-refractivity contribution >= 4 is 11.5 Å². The number of hydrogen-bond acceptors (Lipinski definition) is 7. The number of ether oxygens (including phenoxy) is 4. The molecular formula is C20H31NO6. The predicted molar refractivity (Wildman–Crippen MR) is 103 cm³/mol. The van der Waals surface area contributed by atoms with Crippen molar-refractivity contribution in [2.75, 3.05) is 46.2 Å². The summed E-state index contributed by atoms with van der Waals surface area (Å²) in [4.78, 5) is 15.9. The zero-order valence-corrected chi connectivity index (χ0v) is 16.6. The fourth-order valence-corrected chi connectivity index (χ4v) is 1.89. The summed E-state index contributed by atoms with van der Waals surface area (Å²) in [7, 11) is 0. The van der Waals surface area contributed by atoms with E-state index in [0.29, 0.717) is 59.3 Å². The molecular weight excluding hydrogens is 350 g/mol. The molecule has 0 aromatic heterocycles. The minimum atomic E-state index is 0.133. The van der Waals surface area contributed by atoms with Crippen LogP contribution in [0.3, 0.4) is 0 Å². The maximum Gasteiger partial charge on any atom is 0.142 e. The van der Waals surface area contributed by atoms with Crippen molar-refractivity contribution in [2.24, 2.45) is 5.16 Å². The topological polar surface area (TPSA) is 75.6 Å². The lowest BCUT2D eigenvalue weighted by molar-refractivity contribution is -0.118. The molecule has 1 aromatic rings. The smallest absolute Gasteiger partial charge is 0.142 e. The van der Waals surface area contributed by atoms with E-state index in [0.717, 1.165) is 17.0 Å². The van der Waals surface area contributed by atoms with E-state index in [9.17, 15) is 4.79 Å². The van der Waals surface area contributed by atoms with Gasteiger partial charge in [0.1, 0.15) is 24.7 Å². The molecule has 0 saturated carbocycles. The van der Waals surface area contributed by atoms with Crippen LogP contribution in [0.5, 0.6) is 5.75 Å². The van der Waals surface area contributed by atoms with Gasteiger partial charge in [0.05, 0.1) is 45.4 Å².